The Kier molecular flexibility index (Phi) is 5.74. The van der Waals surface area contributed by atoms with Crippen LogP contribution in [0, 0.1) is 0 Å². The zero-order chi connectivity index (χ0) is 17.6. The molecule has 126 valence electrons. The van der Waals surface area contributed by atoms with Crippen LogP contribution in [0.15, 0.2) is 60.7 Å². The van der Waals surface area contributed by atoms with Gasteiger partial charge in [-0.2, -0.15) is 0 Å². The van der Waals surface area contributed by atoms with E-state index in [1.807, 2.05) is 74.5 Å². The largest absolute Gasteiger partial charge is 0.349 e. The van der Waals surface area contributed by atoms with Crippen LogP contribution in [0.1, 0.15) is 44.4 Å². The van der Waals surface area contributed by atoms with E-state index < -0.39 is 5.54 Å². The second-order valence-electron chi connectivity index (χ2n) is 6.41. The van der Waals surface area contributed by atoms with Crippen molar-refractivity contribution in [1.82, 2.24) is 10.6 Å². The summed E-state index contributed by atoms with van der Waals surface area (Å²) in [5.74, 6) is -0.259. The highest BCUT2D eigenvalue weighted by atomic mass is 16.2. The zero-order valence-electron chi connectivity index (χ0n) is 14.4. The summed E-state index contributed by atoms with van der Waals surface area (Å²) in [5.41, 5.74) is 1.48. The SMILES string of the molecule is CC(=O)NC(CC(=O)NC(C)(C)c1ccccc1)c1ccccc1. The van der Waals surface area contributed by atoms with Gasteiger partial charge in [0.2, 0.25) is 11.8 Å². The van der Waals surface area contributed by atoms with Gasteiger partial charge in [0.15, 0.2) is 0 Å². The molecular weight excluding hydrogens is 300 g/mol. The van der Waals surface area contributed by atoms with E-state index in [-0.39, 0.29) is 24.3 Å². The molecule has 2 rings (SSSR count). The lowest BCUT2D eigenvalue weighted by atomic mass is 9.93. The van der Waals surface area contributed by atoms with Crippen molar-refractivity contribution < 1.29 is 9.59 Å². The Morgan fingerprint density at radius 2 is 1.50 bits per heavy atom. The molecule has 2 N–H and O–H groups in total. The Hall–Kier alpha value is -2.62. The molecule has 0 heterocycles. The minimum atomic E-state index is -0.476. The minimum Gasteiger partial charge on any atom is -0.349 e. The molecule has 0 aliphatic rings. The molecule has 4 nitrogen and oxygen atoms in total. The predicted molar refractivity (Wildman–Crippen MR) is 95.2 cm³/mol. The Morgan fingerprint density at radius 1 is 0.958 bits per heavy atom. The highest BCUT2D eigenvalue weighted by Crippen LogP contribution is 2.21. The topological polar surface area (TPSA) is 58.2 Å². The predicted octanol–water partition coefficient (Wildman–Crippen LogP) is 3.31. The van der Waals surface area contributed by atoms with Crippen molar-refractivity contribution in [2.75, 3.05) is 0 Å². The molecule has 2 amide bonds. The van der Waals surface area contributed by atoms with Gasteiger partial charge in [0, 0.05) is 6.92 Å². The van der Waals surface area contributed by atoms with Crippen LogP contribution in [0.2, 0.25) is 0 Å². The summed E-state index contributed by atoms with van der Waals surface area (Å²) >= 11 is 0. The maximum absolute atomic E-state index is 12.5. The van der Waals surface area contributed by atoms with E-state index in [0.29, 0.717) is 0 Å². The smallest absolute Gasteiger partial charge is 0.223 e. The summed E-state index contributed by atoms with van der Waals surface area (Å²) in [6.45, 7) is 5.40. The van der Waals surface area contributed by atoms with Crippen LogP contribution in [0.3, 0.4) is 0 Å². The second-order valence-corrected chi connectivity index (χ2v) is 6.41. The molecule has 0 bridgehead atoms. The molecule has 4 heteroatoms. The van der Waals surface area contributed by atoms with E-state index in [2.05, 4.69) is 10.6 Å². The first-order chi connectivity index (χ1) is 11.4. The number of nitrogens with one attached hydrogen (secondary N) is 2. The van der Waals surface area contributed by atoms with Gasteiger partial charge in [-0.05, 0) is 25.0 Å². The van der Waals surface area contributed by atoms with Gasteiger partial charge < -0.3 is 10.6 Å². The summed E-state index contributed by atoms with van der Waals surface area (Å²) in [5, 5.41) is 5.91. The standard InChI is InChI=1S/C20H24N2O2/c1-15(23)21-18(16-10-6-4-7-11-16)14-19(24)22-20(2,3)17-12-8-5-9-13-17/h4-13,18H,14H2,1-3H3,(H,21,23)(H,22,24). The van der Waals surface area contributed by atoms with Crippen LogP contribution in [0.5, 0.6) is 0 Å². The van der Waals surface area contributed by atoms with E-state index in [4.69, 9.17) is 0 Å². The molecule has 2 aromatic carbocycles. The lowest BCUT2D eigenvalue weighted by molar-refractivity contribution is -0.124. The molecule has 0 aromatic heterocycles. The normalized spacial score (nSPS) is 12.3. The first kappa shape index (κ1) is 17.7. The van der Waals surface area contributed by atoms with Gasteiger partial charge in [-0.1, -0.05) is 60.7 Å². The van der Waals surface area contributed by atoms with Gasteiger partial charge in [-0.25, -0.2) is 0 Å². The molecule has 2 aromatic rings. The molecule has 0 saturated carbocycles. The van der Waals surface area contributed by atoms with Crippen LogP contribution in [0.25, 0.3) is 0 Å². The molecule has 0 fully saturated rings. The van der Waals surface area contributed by atoms with Gasteiger partial charge in [0.1, 0.15) is 0 Å². The fourth-order valence-electron chi connectivity index (χ4n) is 2.69. The summed E-state index contributed by atoms with van der Waals surface area (Å²) in [6.07, 6.45) is 0.194. The van der Waals surface area contributed by atoms with Gasteiger partial charge in [-0.15, -0.1) is 0 Å². The van der Waals surface area contributed by atoms with Crippen molar-refractivity contribution in [2.45, 2.75) is 38.8 Å². The van der Waals surface area contributed by atoms with Gasteiger partial charge in [0.05, 0.1) is 18.0 Å². The van der Waals surface area contributed by atoms with Crippen LogP contribution < -0.4 is 10.6 Å². The van der Waals surface area contributed by atoms with Gasteiger partial charge in [-0.3, -0.25) is 9.59 Å². The molecule has 1 unspecified atom stereocenters. The number of rotatable bonds is 6. The van der Waals surface area contributed by atoms with E-state index in [0.717, 1.165) is 11.1 Å². The number of hydrogen-bond donors (Lipinski definition) is 2. The van der Waals surface area contributed by atoms with Crippen molar-refractivity contribution in [1.29, 1.82) is 0 Å². The fourth-order valence-corrected chi connectivity index (χ4v) is 2.69. The van der Waals surface area contributed by atoms with Crippen molar-refractivity contribution in [3.63, 3.8) is 0 Å². The van der Waals surface area contributed by atoms with E-state index >= 15 is 0 Å². The third-order valence-corrected chi connectivity index (χ3v) is 3.92. The molecule has 0 aliphatic heterocycles. The minimum absolute atomic E-state index is 0.105. The summed E-state index contributed by atoms with van der Waals surface area (Å²) < 4.78 is 0. The summed E-state index contributed by atoms with van der Waals surface area (Å²) in [6, 6.07) is 19.0. The molecule has 0 saturated heterocycles. The Morgan fingerprint density at radius 3 is 2.04 bits per heavy atom. The zero-order valence-corrected chi connectivity index (χ0v) is 14.4. The molecule has 0 spiro atoms. The van der Waals surface area contributed by atoms with Crippen molar-refractivity contribution in [2.24, 2.45) is 0 Å². The van der Waals surface area contributed by atoms with E-state index in [1.165, 1.54) is 6.92 Å². The quantitative estimate of drug-likeness (QED) is 0.856. The lowest BCUT2D eigenvalue weighted by Gasteiger charge is -2.28. The van der Waals surface area contributed by atoms with E-state index in [1.54, 1.807) is 0 Å². The van der Waals surface area contributed by atoms with Crippen molar-refractivity contribution in [3.05, 3.63) is 71.8 Å². The average Bonchev–Trinajstić information content (AvgIpc) is 2.55. The lowest BCUT2D eigenvalue weighted by Crippen LogP contribution is -2.42. The number of amides is 2. The molecule has 1 atom stereocenters. The van der Waals surface area contributed by atoms with Crippen LogP contribution in [0.4, 0.5) is 0 Å². The average molecular weight is 324 g/mol. The Labute approximate surface area is 143 Å². The van der Waals surface area contributed by atoms with Crippen molar-refractivity contribution in [3.8, 4) is 0 Å². The maximum Gasteiger partial charge on any atom is 0.223 e. The monoisotopic (exact) mass is 324 g/mol. The summed E-state index contributed by atoms with van der Waals surface area (Å²) in [4.78, 5) is 24.0. The first-order valence-electron chi connectivity index (χ1n) is 8.07. The number of benzene rings is 2. The number of carbonyl (C=O) groups is 2. The third-order valence-electron chi connectivity index (χ3n) is 3.92. The first-order valence-corrected chi connectivity index (χ1v) is 8.07. The number of carbonyl (C=O) groups excluding carboxylic acids is 2. The summed E-state index contributed by atoms with van der Waals surface area (Å²) in [7, 11) is 0. The number of hydrogen-bond acceptors (Lipinski definition) is 2. The second kappa shape index (κ2) is 7.77. The fraction of sp³-hybridized carbons (Fsp3) is 0.300. The highest BCUT2D eigenvalue weighted by Gasteiger charge is 2.25. The van der Waals surface area contributed by atoms with E-state index in [9.17, 15) is 9.59 Å². The van der Waals surface area contributed by atoms with Gasteiger partial charge >= 0.3 is 0 Å². The Bertz CT molecular complexity index is 681. The molecule has 0 aliphatic carbocycles. The van der Waals surface area contributed by atoms with Crippen molar-refractivity contribution >= 4 is 11.8 Å². The molecular formula is C20H24N2O2. The van der Waals surface area contributed by atoms with Gasteiger partial charge in [0.25, 0.3) is 0 Å². The Balaban J connectivity index is 2.09. The maximum atomic E-state index is 12.5. The van der Waals surface area contributed by atoms with Crippen LogP contribution >= 0.6 is 0 Å². The highest BCUT2D eigenvalue weighted by molar-refractivity contribution is 5.79. The third kappa shape index (κ3) is 4.95. The van der Waals surface area contributed by atoms with Crippen LogP contribution in [-0.2, 0) is 15.1 Å². The molecule has 0 radical (unpaired) electrons. The molecule has 24 heavy (non-hydrogen) atoms. The van der Waals surface area contributed by atoms with Crippen LogP contribution in [-0.4, -0.2) is 11.8 Å².